The van der Waals surface area contributed by atoms with Crippen LogP contribution in [0.25, 0.3) is 0 Å². The van der Waals surface area contributed by atoms with Crippen LogP contribution < -0.4 is 9.47 Å². The van der Waals surface area contributed by atoms with E-state index in [2.05, 4.69) is 22.6 Å². The lowest BCUT2D eigenvalue weighted by Crippen LogP contribution is -2.08. The van der Waals surface area contributed by atoms with Crippen molar-refractivity contribution in [1.82, 2.24) is 0 Å². The van der Waals surface area contributed by atoms with E-state index in [1.165, 1.54) is 19.1 Å². The third kappa shape index (κ3) is 5.10. The van der Waals surface area contributed by atoms with E-state index in [1.807, 2.05) is 0 Å². The second-order valence-corrected chi connectivity index (χ2v) is 10.2. The van der Waals surface area contributed by atoms with Crippen LogP contribution >= 0.6 is 45.8 Å². The van der Waals surface area contributed by atoms with Crippen LogP contribution in [0.4, 0.5) is 17.6 Å². The number of hydrogen-bond acceptors (Lipinski definition) is 3. The predicted octanol–water partition coefficient (Wildman–Crippen LogP) is 8.41. The van der Waals surface area contributed by atoms with Gasteiger partial charge in [0.05, 0.1) is 15.6 Å². The summed E-state index contributed by atoms with van der Waals surface area (Å²) in [7, 11) is 0. The molecule has 2 aliphatic rings. The zero-order valence-electron chi connectivity index (χ0n) is 18.6. The fourth-order valence-electron chi connectivity index (χ4n) is 3.95. The van der Waals surface area contributed by atoms with Crippen molar-refractivity contribution in [2.45, 2.75) is 32.0 Å². The average Bonchev–Trinajstić information content (AvgIpc) is 3.40. The van der Waals surface area contributed by atoms with Crippen LogP contribution in [0, 0.1) is 29.2 Å². The molecular weight excluding hydrogens is 638 g/mol. The Morgan fingerprint density at radius 1 is 1.06 bits per heavy atom. The highest BCUT2D eigenvalue weighted by atomic mass is 127. The first-order valence-corrected chi connectivity index (χ1v) is 12.3. The van der Waals surface area contributed by atoms with E-state index in [4.69, 9.17) is 37.8 Å². The number of carbonyl (C=O) groups is 1. The summed E-state index contributed by atoms with van der Waals surface area (Å²) in [6.07, 6.45) is -4.90. The second-order valence-electron chi connectivity index (χ2n) is 8.29. The number of carboxylic acid groups (broad SMARTS) is 1. The van der Waals surface area contributed by atoms with Crippen LogP contribution in [-0.4, -0.2) is 17.2 Å². The maximum Gasteiger partial charge on any atom is 0.417 e. The first-order chi connectivity index (χ1) is 16.8. The second kappa shape index (κ2) is 9.90. The van der Waals surface area contributed by atoms with Gasteiger partial charge in [-0.3, -0.25) is 4.79 Å². The molecule has 3 atom stereocenters. The van der Waals surface area contributed by atoms with Crippen LogP contribution in [0.1, 0.15) is 28.2 Å². The van der Waals surface area contributed by atoms with Gasteiger partial charge in [-0.05, 0) is 66.8 Å². The van der Waals surface area contributed by atoms with E-state index in [9.17, 15) is 22.4 Å². The molecule has 1 aliphatic carbocycles. The maximum atomic E-state index is 12.9. The van der Waals surface area contributed by atoms with Gasteiger partial charge in [0.15, 0.2) is 0 Å². The normalized spacial score (nSPS) is 19.4. The Balaban J connectivity index is 0.000000256. The minimum Gasteiger partial charge on any atom is -0.488 e. The molecule has 5 rings (SSSR count). The number of carboxylic acids is 1. The summed E-state index contributed by atoms with van der Waals surface area (Å²) in [5.74, 6) is -0.702. The molecule has 0 aromatic heterocycles. The Morgan fingerprint density at radius 3 is 2.36 bits per heavy atom. The van der Waals surface area contributed by atoms with E-state index in [0.29, 0.717) is 22.1 Å². The lowest BCUT2D eigenvalue weighted by atomic mass is 10.1. The Hall–Kier alpha value is -2.24. The van der Waals surface area contributed by atoms with Gasteiger partial charge in [0.2, 0.25) is 0 Å². The van der Waals surface area contributed by atoms with Crippen molar-refractivity contribution < 1.29 is 36.9 Å². The van der Waals surface area contributed by atoms with Gasteiger partial charge in [0.25, 0.3) is 0 Å². The van der Waals surface area contributed by atoms with Crippen molar-refractivity contribution in [2.24, 2.45) is 5.92 Å². The highest BCUT2D eigenvalue weighted by molar-refractivity contribution is 14.1. The number of aliphatic carboxylic acids is 1. The zero-order chi connectivity index (χ0) is 26.5. The summed E-state index contributed by atoms with van der Waals surface area (Å²) in [5, 5.41) is 9.18. The summed E-state index contributed by atoms with van der Waals surface area (Å²) < 4.78 is 63.5. The summed E-state index contributed by atoms with van der Waals surface area (Å²) in [5.41, 5.74) is 0.586. The predicted molar refractivity (Wildman–Crippen MR) is 135 cm³/mol. The molecule has 0 amide bonds. The molecule has 0 radical (unpaired) electrons. The van der Waals surface area contributed by atoms with Gasteiger partial charge in [-0.15, -0.1) is 0 Å². The molecule has 3 aromatic rings. The molecular formula is C25H17Cl2F4IO4. The molecule has 0 bridgehead atoms. The molecule has 1 heterocycles. The van der Waals surface area contributed by atoms with Crippen molar-refractivity contribution in [1.29, 1.82) is 0 Å². The standard InChI is InChI=1S/C18H12ClF3O4.C7H5ClFI/c1-7-11(5-4-10(15(7)19)18(20,21)22)25-8-2-3-9-12(6-8)26-16-13(9)14(16)17(23)24;1-4-5(9)2-3-6(10)7(4)8/h2-6,13-14,16H,1H3,(H,23,24);2-3H,1H3. The van der Waals surface area contributed by atoms with Gasteiger partial charge in [0.1, 0.15) is 35.1 Å². The highest BCUT2D eigenvalue weighted by Gasteiger charge is 2.63. The average molecular weight is 655 g/mol. The Labute approximate surface area is 227 Å². The van der Waals surface area contributed by atoms with E-state index in [1.54, 1.807) is 31.2 Å². The summed E-state index contributed by atoms with van der Waals surface area (Å²) in [6, 6.07) is 10.1. The molecule has 3 aromatic carbocycles. The van der Waals surface area contributed by atoms with Crippen molar-refractivity contribution in [3.8, 4) is 17.2 Å². The topological polar surface area (TPSA) is 55.8 Å². The number of ether oxygens (including phenoxy) is 2. The number of benzene rings is 3. The quantitative estimate of drug-likeness (QED) is 0.175. The van der Waals surface area contributed by atoms with E-state index in [0.717, 1.165) is 15.2 Å². The van der Waals surface area contributed by atoms with Crippen LogP contribution in [0.15, 0.2) is 42.5 Å². The molecule has 1 saturated carbocycles. The summed E-state index contributed by atoms with van der Waals surface area (Å²) in [4.78, 5) is 11.1. The minimum absolute atomic E-state index is 0.154. The lowest BCUT2D eigenvalue weighted by molar-refractivity contribution is -0.139. The van der Waals surface area contributed by atoms with Crippen LogP contribution in [0.2, 0.25) is 10.0 Å². The molecule has 190 valence electrons. The van der Waals surface area contributed by atoms with Crippen LogP contribution in [0.3, 0.4) is 0 Å². The third-order valence-corrected chi connectivity index (χ3v) is 8.18. The van der Waals surface area contributed by atoms with Crippen molar-refractivity contribution in [2.75, 3.05) is 0 Å². The maximum absolute atomic E-state index is 12.9. The number of rotatable bonds is 3. The minimum atomic E-state index is -4.54. The number of fused-ring (bicyclic) bond motifs is 3. The molecule has 36 heavy (non-hydrogen) atoms. The van der Waals surface area contributed by atoms with Crippen molar-refractivity contribution in [3.63, 3.8) is 0 Å². The molecule has 3 unspecified atom stereocenters. The largest absolute Gasteiger partial charge is 0.488 e. The fourth-order valence-corrected chi connectivity index (χ4v) is 4.95. The molecule has 1 N–H and O–H groups in total. The van der Waals surface area contributed by atoms with Gasteiger partial charge in [0, 0.05) is 32.2 Å². The highest BCUT2D eigenvalue weighted by Crippen LogP contribution is 2.59. The summed E-state index contributed by atoms with van der Waals surface area (Å²) in [6.45, 7) is 3.11. The van der Waals surface area contributed by atoms with E-state index in [-0.39, 0.29) is 29.2 Å². The van der Waals surface area contributed by atoms with Gasteiger partial charge < -0.3 is 14.6 Å². The smallest absolute Gasteiger partial charge is 0.417 e. The molecule has 11 heteroatoms. The third-order valence-electron chi connectivity index (χ3n) is 5.99. The zero-order valence-corrected chi connectivity index (χ0v) is 22.3. The molecule has 0 spiro atoms. The number of halogens is 7. The van der Waals surface area contributed by atoms with Crippen molar-refractivity contribution >= 4 is 51.8 Å². The number of hydrogen-bond donors (Lipinski definition) is 1. The Morgan fingerprint density at radius 2 is 1.75 bits per heavy atom. The van der Waals surface area contributed by atoms with Crippen LogP contribution in [0.5, 0.6) is 17.2 Å². The van der Waals surface area contributed by atoms with Gasteiger partial charge in [-0.2, -0.15) is 13.2 Å². The summed E-state index contributed by atoms with van der Waals surface area (Å²) >= 11 is 13.6. The lowest BCUT2D eigenvalue weighted by Gasteiger charge is -2.15. The molecule has 0 saturated heterocycles. The van der Waals surface area contributed by atoms with E-state index >= 15 is 0 Å². The number of alkyl halides is 3. The fraction of sp³-hybridized carbons (Fsp3) is 0.240. The molecule has 1 fully saturated rings. The Bertz CT molecular complexity index is 1340. The SMILES string of the molecule is Cc1c(F)ccc(I)c1Cl.Cc1c(Oc2ccc3c(c2)OC2C(C(=O)O)C32)ccc(C(F)(F)F)c1Cl. The van der Waals surface area contributed by atoms with Gasteiger partial charge in [-0.25, -0.2) is 4.39 Å². The first kappa shape index (κ1) is 26.8. The first-order valence-electron chi connectivity index (χ1n) is 10.5. The van der Waals surface area contributed by atoms with Gasteiger partial charge in [-0.1, -0.05) is 29.3 Å². The monoisotopic (exact) mass is 654 g/mol. The van der Waals surface area contributed by atoms with E-state index < -0.39 is 28.6 Å². The van der Waals surface area contributed by atoms with Crippen molar-refractivity contribution in [3.05, 3.63) is 84.2 Å². The molecule has 1 aliphatic heterocycles. The van der Waals surface area contributed by atoms with Crippen LogP contribution in [-0.2, 0) is 11.0 Å². The Kier molecular flexibility index (Phi) is 7.38. The van der Waals surface area contributed by atoms with Gasteiger partial charge >= 0.3 is 12.1 Å². The molecule has 4 nitrogen and oxygen atoms in total.